The molecule has 0 radical (unpaired) electrons. The standard InChI is InChI=1S/C21H25N/c1-21(2)11-8-18-19(15-6-4-3-5-7-15)14-16-9-12-22-13-10-17(16)20(18)21/h3-7,14,22H,8-13H2,1-2H3. The summed E-state index contributed by atoms with van der Waals surface area (Å²) in [6.07, 6.45) is 4.87. The molecule has 0 spiro atoms. The summed E-state index contributed by atoms with van der Waals surface area (Å²) in [5.41, 5.74) is 9.73. The van der Waals surface area contributed by atoms with Crippen LogP contribution in [-0.2, 0) is 24.7 Å². The van der Waals surface area contributed by atoms with E-state index in [9.17, 15) is 0 Å². The second-order valence-electron chi connectivity index (χ2n) is 7.42. The molecule has 2 aromatic carbocycles. The molecule has 0 atom stereocenters. The fourth-order valence-corrected chi connectivity index (χ4v) is 4.41. The minimum Gasteiger partial charge on any atom is -0.316 e. The predicted molar refractivity (Wildman–Crippen MR) is 93.5 cm³/mol. The molecule has 0 saturated carbocycles. The summed E-state index contributed by atoms with van der Waals surface area (Å²) in [5, 5.41) is 3.57. The maximum Gasteiger partial charge on any atom is -0.000801 e. The average molecular weight is 291 g/mol. The Kier molecular flexibility index (Phi) is 3.34. The second kappa shape index (κ2) is 5.24. The third-order valence-corrected chi connectivity index (χ3v) is 5.52. The number of fused-ring (bicyclic) bond motifs is 3. The average Bonchev–Trinajstić information content (AvgIpc) is 2.72. The Labute approximate surface area is 133 Å². The van der Waals surface area contributed by atoms with Gasteiger partial charge >= 0.3 is 0 Å². The SMILES string of the molecule is CC1(C)CCc2c(-c3ccccc3)cc3c(c21)CCNCC3. The smallest absolute Gasteiger partial charge is 0.000801 e. The lowest BCUT2D eigenvalue weighted by Gasteiger charge is -2.25. The second-order valence-corrected chi connectivity index (χ2v) is 7.42. The van der Waals surface area contributed by atoms with Gasteiger partial charge in [0.25, 0.3) is 0 Å². The number of hydrogen-bond donors (Lipinski definition) is 1. The Balaban J connectivity index is 1.99. The molecule has 1 heterocycles. The van der Waals surface area contributed by atoms with Gasteiger partial charge in [0.15, 0.2) is 0 Å². The quantitative estimate of drug-likeness (QED) is 0.827. The lowest BCUT2D eigenvalue weighted by Crippen LogP contribution is -2.18. The van der Waals surface area contributed by atoms with Crippen molar-refractivity contribution in [3.63, 3.8) is 0 Å². The summed E-state index contributed by atoms with van der Waals surface area (Å²) in [6.45, 7) is 7.11. The van der Waals surface area contributed by atoms with Crippen LogP contribution in [0.1, 0.15) is 42.5 Å². The molecule has 2 aromatic rings. The zero-order valence-electron chi connectivity index (χ0n) is 13.7. The van der Waals surface area contributed by atoms with Gasteiger partial charge in [-0.1, -0.05) is 50.2 Å². The number of hydrogen-bond acceptors (Lipinski definition) is 1. The molecular weight excluding hydrogens is 266 g/mol. The van der Waals surface area contributed by atoms with Gasteiger partial charge in [-0.25, -0.2) is 0 Å². The van der Waals surface area contributed by atoms with Crippen LogP contribution in [0.25, 0.3) is 11.1 Å². The van der Waals surface area contributed by atoms with Crippen molar-refractivity contribution in [2.75, 3.05) is 13.1 Å². The van der Waals surface area contributed by atoms with Gasteiger partial charge in [-0.05, 0) is 77.6 Å². The zero-order valence-corrected chi connectivity index (χ0v) is 13.7. The molecule has 0 fully saturated rings. The first-order chi connectivity index (χ1) is 10.7. The highest BCUT2D eigenvalue weighted by molar-refractivity contribution is 5.73. The van der Waals surface area contributed by atoms with Gasteiger partial charge in [-0.15, -0.1) is 0 Å². The molecule has 2 aliphatic rings. The van der Waals surface area contributed by atoms with E-state index >= 15 is 0 Å². The van der Waals surface area contributed by atoms with Crippen LogP contribution in [0.15, 0.2) is 36.4 Å². The normalized spacial score (nSPS) is 19.4. The van der Waals surface area contributed by atoms with Gasteiger partial charge < -0.3 is 5.32 Å². The predicted octanol–water partition coefficient (Wildman–Crippen LogP) is 4.27. The Hall–Kier alpha value is -1.60. The Morgan fingerprint density at radius 3 is 2.50 bits per heavy atom. The molecule has 1 N–H and O–H groups in total. The maximum absolute atomic E-state index is 3.57. The van der Waals surface area contributed by atoms with E-state index in [1.807, 2.05) is 0 Å². The van der Waals surface area contributed by atoms with Crippen LogP contribution >= 0.6 is 0 Å². The topological polar surface area (TPSA) is 12.0 Å². The highest BCUT2D eigenvalue weighted by Crippen LogP contribution is 2.46. The molecular formula is C21H25N. The number of rotatable bonds is 1. The monoisotopic (exact) mass is 291 g/mol. The zero-order chi connectivity index (χ0) is 15.2. The molecule has 0 amide bonds. The van der Waals surface area contributed by atoms with Crippen molar-refractivity contribution >= 4 is 0 Å². The Morgan fingerprint density at radius 2 is 1.68 bits per heavy atom. The summed E-state index contributed by atoms with van der Waals surface area (Å²) >= 11 is 0. The minimum atomic E-state index is 0.328. The molecule has 1 aliphatic heterocycles. The van der Waals surface area contributed by atoms with E-state index in [0.29, 0.717) is 5.41 Å². The van der Waals surface area contributed by atoms with Gasteiger partial charge in [0.2, 0.25) is 0 Å². The Bertz CT molecular complexity index is 698. The molecule has 4 rings (SSSR count). The van der Waals surface area contributed by atoms with Crippen LogP contribution in [0, 0.1) is 0 Å². The van der Waals surface area contributed by atoms with Crippen molar-refractivity contribution < 1.29 is 0 Å². The minimum absolute atomic E-state index is 0.328. The van der Waals surface area contributed by atoms with Crippen LogP contribution in [0.4, 0.5) is 0 Å². The van der Waals surface area contributed by atoms with E-state index < -0.39 is 0 Å². The maximum atomic E-state index is 3.57. The van der Waals surface area contributed by atoms with E-state index in [0.717, 1.165) is 13.1 Å². The van der Waals surface area contributed by atoms with Crippen molar-refractivity contribution in [1.82, 2.24) is 5.32 Å². The highest BCUT2D eigenvalue weighted by Gasteiger charge is 2.35. The third kappa shape index (κ3) is 2.19. The van der Waals surface area contributed by atoms with E-state index in [4.69, 9.17) is 0 Å². The van der Waals surface area contributed by atoms with Crippen LogP contribution in [0.2, 0.25) is 0 Å². The largest absolute Gasteiger partial charge is 0.316 e. The molecule has 1 nitrogen and oxygen atoms in total. The van der Waals surface area contributed by atoms with Gasteiger partial charge in [0, 0.05) is 0 Å². The summed E-state index contributed by atoms with van der Waals surface area (Å²) in [5.74, 6) is 0. The lowest BCUT2D eigenvalue weighted by atomic mass is 9.79. The first-order valence-electron chi connectivity index (χ1n) is 8.61. The first kappa shape index (κ1) is 14.0. The van der Waals surface area contributed by atoms with Gasteiger partial charge in [0.05, 0.1) is 0 Å². The van der Waals surface area contributed by atoms with Crippen molar-refractivity contribution in [2.24, 2.45) is 0 Å². The van der Waals surface area contributed by atoms with Crippen LogP contribution in [-0.4, -0.2) is 13.1 Å². The molecule has 1 heteroatoms. The van der Waals surface area contributed by atoms with Gasteiger partial charge in [-0.3, -0.25) is 0 Å². The molecule has 0 saturated heterocycles. The number of benzene rings is 2. The molecule has 0 aromatic heterocycles. The van der Waals surface area contributed by atoms with Crippen molar-refractivity contribution in [3.05, 3.63) is 58.7 Å². The molecule has 1 aliphatic carbocycles. The van der Waals surface area contributed by atoms with Gasteiger partial charge in [-0.2, -0.15) is 0 Å². The highest BCUT2D eigenvalue weighted by atomic mass is 14.8. The molecule has 114 valence electrons. The van der Waals surface area contributed by atoms with Crippen LogP contribution in [0.3, 0.4) is 0 Å². The molecule has 0 unspecified atom stereocenters. The molecule has 22 heavy (non-hydrogen) atoms. The summed E-state index contributed by atoms with van der Waals surface area (Å²) in [6, 6.07) is 13.5. The van der Waals surface area contributed by atoms with E-state index in [2.05, 4.69) is 55.6 Å². The third-order valence-electron chi connectivity index (χ3n) is 5.52. The lowest BCUT2D eigenvalue weighted by molar-refractivity contribution is 0.517. The fraction of sp³-hybridized carbons (Fsp3) is 0.429. The van der Waals surface area contributed by atoms with Crippen molar-refractivity contribution in [1.29, 1.82) is 0 Å². The van der Waals surface area contributed by atoms with E-state index in [1.165, 1.54) is 36.8 Å². The van der Waals surface area contributed by atoms with E-state index in [-0.39, 0.29) is 0 Å². The fourth-order valence-electron chi connectivity index (χ4n) is 4.41. The van der Waals surface area contributed by atoms with Crippen LogP contribution in [0.5, 0.6) is 0 Å². The van der Waals surface area contributed by atoms with Crippen LogP contribution < -0.4 is 5.32 Å². The first-order valence-corrected chi connectivity index (χ1v) is 8.61. The Morgan fingerprint density at radius 1 is 0.909 bits per heavy atom. The van der Waals surface area contributed by atoms with E-state index in [1.54, 1.807) is 22.3 Å². The molecule has 0 bridgehead atoms. The van der Waals surface area contributed by atoms with Gasteiger partial charge in [0.1, 0.15) is 0 Å². The summed E-state index contributed by atoms with van der Waals surface area (Å²) in [7, 11) is 0. The summed E-state index contributed by atoms with van der Waals surface area (Å²) < 4.78 is 0. The number of nitrogens with one attached hydrogen (secondary N) is 1. The summed E-state index contributed by atoms with van der Waals surface area (Å²) in [4.78, 5) is 0. The van der Waals surface area contributed by atoms with Crippen molar-refractivity contribution in [2.45, 2.75) is 44.9 Å². The van der Waals surface area contributed by atoms with Crippen molar-refractivity contribution in [3.8, 4) is 11.1 Å².